The van der Waals surface area contributed by atoms with Gasteiger partial charge in [0.1, 0.15) is 5.69 Å². The van der Waals surface area contributed by atoms with Crippen LogP contribution >= 0.6 is 0 Å². The number of ether oxygens (including phenoxy) is 2. The Balaban J connectivity index is 1.68. The first kappa shape index (κ1) is 24.3. The van der Waals surface area contributed by atoms with E-state index in [9.17, 15) is 9.90 Å². The predicted molar refractivity (Wildman–Crippen MR) is 143 cm³/mol. The highest BCUT2D eigenvalue weighted by Gasteiger charge is 2.30. The Bertz CT molecular complexity index is 1620. The molecule has 1 aliphatic heterocycles. The van der Waals surface area contributed by atoms with Gasteiger partial charge in [0.05, 0.1) is 47.6 Å². The van der Waals surface area contributed by atoms with Gasteiger partial charge in [-0.1, -0.05) is 35.5 Å². The summed E-state index contributed by atoms with van der Waals surface area (Å²) in [6.45, 7) is 1.20. The number of methoxy groups -OCH3 is 1. The molecule has 38 heavy (non-hydrogen) atoms. The van der Waals surface area contributed by atoms with Crippen LogP contribution in [0.25, 0.3) is 33.2 Å². The molecule has 1 atom stereocenters. The summed E-state index contributed by atoms with van der Waals surface area (Å²) in [5.74, 6) is -0.0602. The van der Waals surface area contributed by atoms with Gasteiger partial charge in [-0.05, 0) is 48.6 Å². The Morgan fingerprint density at radius 2 is 1.92 bits per heavy atom. The minimum atomic E-state index is -0.381. The minimum absolute atomic E-state index is 0.00739. The molecule has 0 spiro atoms. The van der Waals surface area contributed by atoms with E-state index in [1.54, 1.807) is 24.0 Å². The van der Waals surface area contributed by atoms with Crippen molar-refractivity contribution in [3.63, 3.8) is 0 Å². The second-order valence-corrected chi connectivity index (χ2v) is 9.66. The maximum atomic E-state index is 12.5. The van der Waals surface area contributed by atoms with E-state index in [0.717, 1.165) is 46.0 Å². The van der Waals surface area contributed by atoms with E-state index in [-0.39, 0.29) is 18.6 Å². The molecule has 5 aromatic rings. The van der Waals surface area contributed by atoms with Crippen LogP contribution in [0.3, 0.4) is 0 Å². The van der Waals surface area contributed by atoms with Gasteiger partial charge in [-0.15, -0.1) is 5.10 Å². The number of aryl methyl sites for hydroxylation is 1. The van der Waals surface area contributed by atoms with E-state index in [1.807, 2.05) is 18.2 Å². The van der Waals surface area contributed by atoms with Crippen LogP contribution in [-0.4, -0.2) is 55.9 Å². The molecule has 2 aromatic carbocycles. The van der Waals surface area contributed by atoms with Gasteiger partial charge in [0.25, 0.3) is 0 Å². The van der Waals surface area contributed by atoms with E-state index >= 15 is 0 Å². The number of fused-ring (bicyclic) bond motifs is 3. The van der Waals surface area contributed by atoms with E-state index in [0.29, 0.717) is 30.4 Å². The lowest BCUT2D eigenvalue weighted by atomic mass is 9.86. The standard InChI is InChI=1S/C29H29N5O4/c1-33-28(23(17-35)31-32-33)21-15-25-26(30-16-21)22-9-8-20(29(36)37-2)14-24(22)34(25)27(18-6-4-3-5-7-18)19-10-12-38-13-11-19/h3-9,14-16,19,27,35H,10-13,17H2,1-2H3/t27-/m1/s1. The van der Waals surface area contributed by atoms with Gasteiger partial charge in [0.2, 0.25) is 0 Å². The second kappa shape index (κ2) is 10.00. The smallest absolute Gasteiger partial charge is 0.337 e. The Morgan fingerprint density at radius 3 is 2.66 bits per heavy atom. The summed E-state index contributed by atoms with van der Waals surface area (Å²) in [4.78, 5) is 17.4. The summed E-state index contributed by atoms with van der Waals surface area (Å²) in [5.41, 5.74) is 6.39. The van der Waals surface area contributed by atoms with E-state index in [2.05, 4.69) is 45.2 Å². The molecule has 0 bridgehead atoms. The molecule has 0 amide bonds. The molecule has 1 saturated heterocycles. The van der Waals surface area contributed by atoms with Crippen LogP contribution in [0.5, 0.6) is 0 Å². The maximum Gasteiger partial charge on any atom is 0.337 e. The van der Waals surface area contributed by atoms with Gasteiger partial charge in [-0.3, -0.25) is 4.98 Å². The average molecular weight is 512 g/mol. The molecule has 0 aliphatic carbocycles. The molecule has 9 heteroatoms. The number of esters is 1. The van der Waals surface area contributed by atoms with Crippen molar-refractivity contribution in [1.29, 1.82) is 0 Å². The summed E-state index contributed by atoms with van der Waals surface area (Å²) in [5, 5.41) is 19.1. The van der Waals surface area contributed by atoms with E-state index in [1.165, 1.54) is 12.7 Å². The van der Waals surface area contributed by atoms with Gasteiger partial charge >= 0.3 is 5.97 Å². The summed E-state index contributed by atoms with van der Waals surface area (Å²) >= 11 is 0. The van der Waals surface area contributed by atoms with Gasteiger partial charge in [0, 0.05) is 37.4 Å². The SMILES string of the molecule is COC(=O)c1ccc2c3ncc(-c4c(CO)nnn4C)cc3n([C@H](c3ccccc3)C3CCOCC3)c2c1. The maximum absolute atomic E-state index is 12.5. The van der Waals surface area contributed by atoms with Crippen molar-refractivity contribution >= 4 is 27.9 Å². The Kier molecular flexibility index (Phi) is 6.39. The van der Waals surface area contributed by atoms with Crippen LogP contribution in [-0.2, 0) is 23.1 Å². The van der Waals surface area contributed by atoms with Crippen molar-refractivity contribution in [2.45, 2.75) is 25.5 Å². The van der Waals surface area contributed by atoms with Gasteiger partial charge in [0.15, 0.2) is 0 Å². The van der Waals surface area contributed by atoms with Crippen molar-refractivity contribution in [2.24, 2.45) is 13.0 Å². The number of pyridine rings is 1. The molecular weight excluding hydrogens is 482 g/mol. The number of aliphatic hydroxyl groups excluding tert-OH is 1. The lowest BCUT2D eigenvalue weighted by Gasteiger charge is -2.33. The second-order valence-electron chi connectivity index (χ2n) is 9.66. The average Bonchev–Trinajstić information content (AvgIpc) is 3.50. The first-order valence-corrected chi connectivity index (χ1v) is 12.7. The number of carbonyl (C=O) groups excluding carboxylic acids is 1. The van der Waals surface area contributed by atoms with Crippen molar-refractivity contribution in [2.75, 3.05) is 20.3 Å². The number of aliphatic hydroxyl groups is 1. The normalized spacial score (nSPS) is 15.2. The van der Waals surface area contributed by atoms with Gasteiger partial charge < -0.3 is 19.1 Å². The quantitative estimate of drug-likeness (QED) is 0.339. The largest absolute Gasteiger partial charge is 0.465 e. The summed E-state index contributed by atoms with van der Waals surface area (Å²) in [7, 11) is 3.20. The number of carbonyl (C=O) groups is 1. The zero-order valence-electron chi connectivity index (χ0n) is 21.4. The number of rotatable bonds is 6. The summed E-state index contributed by atoms with van der Waals surface area (Å²) in [6.07, 6.45) is 3.64. The van der Waals surface area contributed by atoms with E-state index in [4.69, 9.17) is 14.5 Å². The minimum Gasteiger partial charge on any atom is -0.465 e. The molecule has 0 unspecified atom stereocenters. The van der Waals surface area contributed by atoms with Crippen LogP contribution < -0.4 is 0 Å². The fourth-order valence-electron chi connectivity index (χ4n) is 5.75. The van der Waals surface area contributed by atoms with Crippen molar-refractivity contribution in [1.82, 2.24) is 24.5 Å². The molecule has 6 rings (SSSR count). The van der Waals surface area contributed by atoms with Crippen LogP contribution in [0.1, 0.15) is 40.5 Å². The van der Waals surface area contributed by atoms with Crippen LogP contribution in [0.4, 0.5) is 0 Å². The molecule has 1 fully saturated rings. The molecule has 0 saturated carbocycles. The third kappa shape index (κ3) is 4.04. The molecular formula is C29H29N5O4. The Labute approximate surface area is 219 Å². The zero-order chi connectivity index (χ0) is 26.2. The molecule has 0 radical (unpaired) electrons. The third-order valence-electron chi connectivity index (χ3n) is 7.51. The highest BCUT2D eigenvalue weighted by Crippen LogP contribution is 2.41. The Hall–Kier alpha value is -4.08. The molecule has 4 heterocycles. The van der Waals surface area contributed by atoms with Crippen molar-refractivity contribution < 1.29 is 19.4 Å². The Morgan fingerprint density at radius 1 is 1.13 bits per heavy atom. The van der Waals surface area contributed by atoms with Gasteiger partial charge in [-0.2, -0.15) is 0 Å². The lowest BCUT2D eigenvalue weighted by molar-refractivity contribution is 0.0553. The number of hydrogen-bond acceptors (Lipinski definition) is 7. The number of nitrogens with zero attached hydrogens (tertiary/aromatic N) is 5. The molecule has 3 aromatic heterocycles. The monoisotopic (exact) mass is 511 g/mol. The van der Waals surface area contributed by atoms with Crippen LogP contribution in [0, 0.1) is 5.92 Å². The molecule has 9 nitrogen and oxygen atoms in total. The van der Waals surface area contributed by atoms with Crippen LogP contribution in [0.15, 0.2) is 60.8 Å². The zero-order valence-corrected chi connectivity index (χ0v) is 21.4. The third-order valence-corrected chi connectivity index (χ3v) is 7.51. The fourth-order valence-corrected chi connectivity index (χ4v) is 5.75. The lowest BCUT2D eigenvalue weighted by Crippen LogP contribution is -2.27. The predicted octanol–water partition coefficient (Wildman–Crippen LogP) is 4.28. The number of benzene rings is 2. The van der Waals surface area contributed by atoms with Crippen molar-refractivity contribution in [3.05, 3.63) is 77.6 Å². The number of aromatic nitrogens is 5. The fraction of sp³-hybridized carbons (Fsp3) is 0.310. The topological polar surface area (TPSA) is 104 Å². The molecule has 194 valence electrons. The highest BCUT2D eigenvalue weighted by molar-refractivity contribution is 6.08. The number of hydrogen-bond donors (Lipinski definition) is 1. The first-order valence-electron chi connectivity index (χ1n) is 12.7. The summed E-state index contributed by atoms with van der Waals surface area (Å²) in [6, 6.07) is 18.2. The first-order chi connectivity index (χ1) is 18.6. The molecule has 1 aliphatic rings. The van der Waals surface area contributed by atoms with Gasteiger partial charge in [-0.25, -0.2) is 9.48 Å². The van der Waals surface area contributed by atoms with E-state index < -0.39 is 0 Å². The highest BCUT2D eigenvalue weighted by atomic mass is 16.5. The van der Waals surface area contributed by atoms with Crippen molar-refractivity contribution in [3.8, 4) is 11.3 Å². The molecule has 1 N–H and O–H groups in total. The summed E-state index contributed by atoms with van der Waals surface area (Å²) < 4.78 is 14.8. The van der Waals surface area contributed by atoms with Crippen LogP contribution in [0.2, 0.25) is 0 Å².